The molecule has 0 saturated carbocycles. The Bertz CT molecular complexity index is 131. The van der Waals surface area contributed by atoms with E-state index in [1.54, 1.807) is 0 Å². The van der Waals surface area contributed by atoms with E-state index in [1.165, 1.54) is 0 Å². The molecule has 1 aliphatic rings. The van der Waals surface area contributed by atoms with E-state index in [9.17, 15) is 0 Å². The van der Waals surface area contributed by atoms with Gasteiger partial charge in [0, 0.05) is 5.54 Å². The van der Waals surface area contributed by atoms with E-state index in [4.69, 9.17) is 5.73 Å². The van der Waals surface area contributed by atoms with Crippen molar-refractivity contribution in [3.05, 3.63) is 24.3 Å². The van der Waals surface area contributed by atoms with Crippen molar-refractivity contribution < 1.29 is 0 Å². The summed E-state index contributed by atoms with van der Waals surface area (Å²) in [5, 5.41) is 0. The van der Waals surface area contributed by atoms with E-state index in [0.717, 1.165) is 6.42 Å². The van der Waals surface area contributed by atoms with Crippen molar-refractivity contribution in [2.24, 2.45) is 5.73 Å². The molecule has 0 aliphatic heterocycles. The second kappa shape index (κ2) is 1.75. The van der Waals surface area contributed by atoms with Crippen molar-refractivity contribution in [2.75, 3.05) is 0 Å². The van der Waals surface area contributed by atoms with Crippen molar-refractivity contribution >= 4 is 0 Å². The molecule has 0 aromatic rings. The van der Waals surface area contributed by atoms with Crippen LogP contribution in [0.1, 0.15) is 13.3 Å². The second-order valence-electron chi connectivity index (χ2n) is 2.50. The first-order valence-corrected chi connectivity index (χ1v) is 2.84. The van der Waals surface area contributed by atoms with Gasteiger partial charge < -0.3 is 5.73 Å². The molecule has 0 fully saturated rings. The van der Waals surface area contributed by atoms with Gasteiger partial charge in [0.1, 0.15) is 0 Å². The maximum Gasteiger partial charge on any atom is 0.0348 e. The van der Waals surface area contributed by atoms with Crippen molar-refractivity contribution in [3.8, 4) is 0 Å². The van der Waals surface area contributed by atoms with Crippen LogP contribution in [0.5, 0.6) is 0 Å². The maximum absolute atomic E-state index is 5.74. The van der Waals surface area contributed by atoms with E-state index >= 15 is 0 Å². The number of hydrogen-bond acceptors (Lipinski definition) is 1. The fourth-order valence-corrected chi connectivity index (χ4v) is 0.744. The molecule has 0 aromatic heterocycles. The molecule has 0 bridgehead atoms. The van der Waals surface area contributed by atoms with E-state index < -0.39 is 0 Å². The lowest BCUT2D eigenvalue weighted by atomic mass is 9.95. The summed E-state index contributed by atoms with van der Waals surface area (Å²) in [7, 11) is 0. The van der Waals surface area contributed by atoms with Gasteiger partial charge in [0.05, 0.1) is 0 Å². The zero-order valence-corrected chi connectivity index (χ0v) is 5.09. The van der Waals surface area contributed by atoms with Crippen LogP contribution in [-0.4, -0.2) is 5.54 Å². The third-order valence-corrected chi connectivity index (χ3v) is 1.28. The fraction of sp³-hybridized carbons (Fsp3) is 0.429. The molecular weight excluding hydrogens is 98.1 g/mol. The quantitative estimate of drug-likeness (QED) is 0.497. The normalized spacial score (nSPS) is 35.8. The Morgan fingerprint density at radius 1 is 1.50 bits per heavy atom. The summed E-state index contributed by atoms with van der Waals surface area (Å²) in [5.74, 6) is 0. The van der Waals surface area contributed by atoms with Gasteiger partial charge >= 0.3 is 0 Å². The summed E-state index contributed by atoms with van der Waals surface area (Å²) in [4.78, 5) is 0. The van der Waals surface area contributed by atoms with Gasteiger partial charge in [-0.25, -0.2) is 0 Å². The SMILES string of the molecule is C[C@]1(N)C=CC=CC1. The highest BCUT2D eigenvalue weighted by atomic mass is 14.7. The number of rotatable bonds is 0. The predicted molar refractivity (Wildman–Crippen MR) is 35.5 cm³/mol. The van der Waals surface area contributed by atoms with Gasteiger partial charge in [0.15, 0.2) is 0 Å². The lowest BCUT2D eigenvalue weighted by Crippen LogP contribution is -2.33. The van der Waals surface area contributed by atoms with Gasteiger partial charge in [-0.3, -0.25) is 0 Å². The molecular formula is C7H11N. The Kier molecular flexibility index (Phi) is 1.22. The van der Waals surface area contributed by atoms with Crippen LogP contribution in [0.4, 0.5) is 0 Å². The van der Waals surface area contributed by atoms with Crippen LogP contribution in [-0.2, 0) is 0 Å². The number of hydrogen-bond donors (Lipinski definition) is 1. The van der Waals surface area contributed by atoms with Crippen LogP contribution in [0, 0.1) is 0 Å². The van der Waals surface area contributed by atoms with Crippen LogP contribution in [0.15, 0.2) is 24.3 Å². The molecule has 1 rings (SSSR count). The first-order chi connectivity index (χ1) is 3.71. The molecule has 0 radical (unpaired) electrons. The average molecular weight is 109 g/mol. The summed E-state index contributed by atoms with van der Waals surface area (Å²) < 4.78 is 0. The number of allylic oxidation sites excluding steroid dienone is 2. The lowest BCUT2D eigenvalue weighted by molar-refractivity contribution is 0.589. The molecule has 2 N–H and O–H groups in total. The predicted octanol–water partition coefficient (Wildman–Crippen LogP) is 1.22. The standard InChI is InChI=1S/C7H11N/c1-7(8)5-3-2-4-6-7/h2-5H,6,8H2,1H3/t7-/m0/s1. The maximum atomic E-state index is 5.74. The van der Waals surface area contributed by atoms with Gasteiger partial charge in [-0.1, -0.05) is 24.3 Å². The highest BCUT2D eigenvalue weighted by Gasteiger charge is 2.12. The highest BCUT2D eigenvalue weighted by Crippen LogP contribution is 2.11. The molecule has 1 nitrogen and oxygen atoms in total. The van der Waals surface area contributed by atoms with Crippen molar-refractivity contribution in [2.45, 2.75) is 18.9 Å². The first-order valence-electron chi connectivity index (χ1n) is 2.84. The monoisotopic (exact) mass is 109 g/mol. The zero-order chi connectivity index (χ0) is 6.04. The second-order valence-corrected chi connectivity index (χ2v) is 2.50. The van der Waals surface area contributed by atoms with Gasteiger partial charge in [0.25, 0.3) is 0 Å². The zero-order valence-electron chi connectivity index (χ0n) is 5.09. The molecule has 0 amide bonds. The van der Waals surface area contributed by atoms with E-state index in [-0.39, 0.29) is 5.54 Å². The smallest absolute Gasteiger partial charge is 0.0348 e. The molecule has 0 aromatic carbocycles. The molecule has 0 unspecified atom stereocenters. The highest BCUT2D eigenvalue weighted by molar-refractivity contribution is 5.18. The summed E-state index contributed by atoms with van der Waals surface area (Å²) in [6.07, 6.45) is 9.08. The topological polar surface area (TPSA) is 26.0 Å². The fourth-order valence-electron chi connectivity index (χ4n) is 0.744. The van der Waals surface area contributed by atoms with Crippen molar-refractivity contribution in [1.29, 1.82) is 0 Å². The van der Waals surface area contributed by atoms with E-state index in [0.29, 0.717) is 0 Å². The minimum atomic E-state index is -0.0885. The Balaban J connectivity index is 2.65. The molecule has 0 heterocycles. The molecule has 8 heavy (non-hydrogen) atoms. The van der Waals surface area contributed by atoms with Crippen LogP contribution < -0.4 is 5.73 Å². The van der Waals surface area contributed by atoms with Crippen LogP contribution in [0.3, 0.4) is 0 Å². The van der Waals surface area contributed by atoms with E-state index in [2.05, 4.69) is 6.08 Å². The van der Waals surface area contributed by atoms with Gasteiger partial charge in [-0.2, -0.15) is 0 Å². The molecule has 1 aliphatic carbocycles. The Morgan fingerprint density at radius 3 is 2.50 bits per heavy atom. The van der Waals surface area contributed by atoms with Crippen LogP contribution in [0.2, 0.25) is 0 Å². The third kappa shape index (κ3) is 1.20. The van der Waals surface area contributed by atoms with Crippen molar-refractivity contribution in [1.82, 2.24) is 0 Å². The minimum Gasteiger partial charge on any atom is -0.322 e. The van der Waals surface area contributed by atoms with Crippen LogP contribution in [0.25, 0.3) is 0 Å². The molecule has 1 heteroatoms. The van der Waals surface area contributed by atoms with Crippen molar-refractivity contribution in [3.63, 3.8) is 0 Å². The average Bonchev–Trinajstić information content (AvgIpc) is 1.65. The Hall–Kier alpha value is -0.560. The van der Waals surface area contributed by atoms with Gasteiger partial charge in [-0.15, -0.1) is 0 Å². The summed E-state index contributed by atoms with van der Waals surface area (Å²) >= 11 is 0. The minimum absolute atomic E-state index is 0.0885. The lowest BCUT2D eigenvalue weighted by Gasteiger charge is -2.19. The molecule has 44 valence electrons. The first kappa shape index (κ1) is 5.57. The largest absolute Gasteiger partial charge is 0.322 e. The summed E-state index contributed by atoms with van der Waals surface area (Å²) in [5.41, 5.74) is 5.65. The third-order valence-electron chi connectivity index (χ3n) is 1.28. The number of nitrogens with two attached hydrogens (primary N) is 1. The Labute approximate surface area is 49.9 Å². The van der Waals surface area contributed by atoms with Gasteiger partial charge in [0.2, 0.25) is 0 Å². The summed E-state index contributed by atoms with van der Waals surface area (Å²) in [6, 6.07) is 0. The molecule has 0 saturated heterocycles. The van der Waals surface area contributed by atoms with Gasteiger partial charge in [-0.05, 0) is 13.3 Å². The molecule has 1 atom stereocenters. The molecule has 0 spiro atoms. The summed E-state index contributed by atoms with van der Waals surface area (Å²) in [6.45, 7) is 2.02. The van der Waals surface area contributed by atoms with E-state index in [1.807, 2.05) is 25.2 Å². The Morgan fingerprint density at radius 2 is 2.25 bits per heavy atom. The van der Waals surface area contributed by atoms with Crippen LogP contribution >= 0.6 is 0 Å².